The molecule has 1 saturated carbocycles. The van der Waals surface area contributed by atoms with Gasteiger partial charge >= 0.3 is 0 Å². The zero-order valence-electron chi connectivity index (χ0n) is 11.3. The molecule has 2 nitrogen and oxygen atoms in total. The number of hydrogen-bond donors (Lipinski definition) is 1. The molecule has 18 heavy (non-hydrogen) atoms. The summed E-state index contributed by atoms with van der Waals surface area (Å²) in [6.07, 6.45) is 5.66. The van der Waals surface area contributed by atoms with Crippen molar-refractivity contribution in [2.24, 2.45) is 0 Å². The van der Waals surface area contributed by atoms with Gasteiger partial charge in [0.2, 0.25) is 0 Å². The molecule has 2 rings (SSSR count). The first-order chi connectivity index (χ1) is 8.83. The quantitative estimate of drug-likeness (QED) is 0.848. The maximum atomic E-state index is 5.20. The van der Waals surface area contributed by atoms with Crippen molar-refractivity contribution in [1.29, 1.82) is 0 Å². The Morgan fingerprint density at radius 2 is 1.94 bits per heavy atom. The fourth-order valence-electron chi connectivity index (χ4n) is 2.47. The minimum atomic E-state index is 0.446. The second kappa shape index (κ2) is 7.05. The molecule has 0 bridgehead atoms. The van der Waals surface area contributed by atoms with Crippen LogP contribution in [0.25, 0.3) is 0 Å². The highest BCUT2D eigenvalue weighted by Crippen LogP contribution is 2.32. The number of rotatable bonds is 6. The number of nitrogens with one attached hydrogen (secondary N) is 1. The second-order valence-corrected chi connectivity index (χ2v) is 6.19. The Labute approximate surface area is 114 Å². The maximum Gasteiger partial charge on any atom is 0.118 e. The summed E-state index contributed by atoms with van der Waals surface area (Å²) >= 11 is 2.13. The lowest BCUT2D eigenvalue weighted by Crippen LogP contribution is -2.19. The van der Waals surface area contributed by atoms with Crippen molar-refractivity contribution in [3.8, 4) is 5.75 Å². The molecule has 3 heteroatoms. The van der Waals surface area contributed by atoms with Gasteiger partial charge in [0, 0.05) is 17.0 Å². The molecule has 0 aromatic heterocycles. The van der Waals surface area contributed by atoms with Crippen LogP contribution in [0.3, 0.4) is 0 Å². The topological polar surface area (TPSA) is 21.3 Å². The van der Waals surface area contributed by atoms with Crippen LogP contribution in [0.1, 0.15) is 37.3 Å². The van der Waals surface area contributed by atoms with E-state index in [0.717, 1.165) is 16.8 Å². The SMILES string of the molecule is CNC(CSC1CCCC1)c1ccc(OC)cc1. The first-order valence-electron chi connectivity index (χ1n) is 6.76. The van der Waals surface area contributed by atoms with Gasteiger partial charge in [-0.2, -0.15) is 11.8 Å². The first kappa shape index (κ1) is 13.8. The van der Waals surface area contributed by atoms with E-state index in [-0.39, 0.29) is 0 Å². The molecule has 0 amide bonds. The average molecular weight is 265 g/mol. The molecular weight excluding hydrogens is 242 g/mol. The van der Waals surface area contributed by atoms with Crippen LogP contribution >= 0.6 is 11.8 Å². The summed E-state index contributed by atoms with van der Waals surface area (Å²) in [6.45, 7) is 0. The van der Waals surface area contributed by atoms with Crippen LogP contribution in [0.5, 0.6) is 5.75 Å². The maximum absolute atomic E-state index is 5.20. The fourth-order valence-corrected chi connectivity index (χ4v) is 3.96. The molecule has 1 fully saturated rings. The molecule has 0 radical (unpaired) electrons. The lowest BCUT2D eigenvalue weighted by Gasteiger charge is -2.18. The lowest BCUT2D eigenvalue weighted by atomic mass is 10.1. The smallest absolute Gasteiger partial charge is 0.118 e. The summed E-state index contributed by atoms with van der Waals surface area (Å²) in [4.78, 5) is 0. The van der Waals surface area contributed by atoms with Crippen LogP contribution < -0.4 is 10.1 Å². The lowest BCUT2D eigenvalue weighted by molar-refractivity contribution is 0.414. The summed E-state index contributed by atoms with van der Waals surface area (Å²) in [6, 6.07) is 8.85. The summed E-state index contributed by atoms with van der Waals surface area (Å²) < 4.78 is 5.20. The molecule has 100 valence electrons. The predicted molar refractivity (Wildman–Crippen MR) is 79.5 cm³/mol. The second-order valence-electron chi connectivity index (χ2n) is 4.85. The van der Waals surface area contributed by atoms with E-state index in [1.807, 2.05) is 19.2 Å². The zero-order chi connectivity index (χ0) is 12.8. The minimum absolute atomic E-state index is 0.446. The molecule has 1 unspecified atom stereocenters. The number of ether oxygens (including phenoxy) is 1. The average Bonchev–Trinajstić information content (AvgIpc) is 2.93. The van der Waals surface area contributed by atoms with Crippen molar-refractivity contribution in [3.63, 3.8) is 0 Å². The van der Waals surface area contributed by atoms with Crippen LogP contribution in [-0.4, -0.2) is 25.2 Å². The molecule has 1 aromatic rings. The Kier molecular flexibility index (Phi) is 5.39. The molecule has 1 aliphatic rings. The van der Waals surface area contributed by atoms with Crippen LogP contribution in [0.4, 0.5) is 0 Å². The Bertz CT molecular complexity index is 346. The molecule has 1 aromatic carbocycles. The van der Waals surface area contributed by atoms with Crippen LogP contribution in [0.2, 0.25) is 0 Å². The highest BCUT2D eigenvalue weighted by molar-refractivity contribution is 7.99. The molecule has 1 N–H and O–H groups in total. The standard InChI is InChI=1S/C15H23NOS/c1-16-15(11-18-14-5-3-4-6-14)12-7-9-13(17-2)10-8-12/h7-10,14-16H,3-6,11H2,1-2H3. The van der Waals surface area contributed by atoms with E-state index in [1.165, 1.54) is 31.2 Å². The Balaban J connectivity index is 1.89. The van der Waals surface area contributed by atoms with Crippen LogP contribution in [0, 0.1) is 0 Å². The molecular formula is C15H23NOS. The normalized spacial score (nSPS) is 17.9. The van der Waals surface area contributed by atoms with Crippen molar-refractivity contribution in [2.75, 3.05) is 19.9 Å². The predicted octanol–water partition coefficient (Wildman–Crippen LogP) is 3.63. The largest absolute Gasteiger partial charge is 0.497 e. The molecule has 1 aliphatic carbocycles. The molecule has 0 saturated heterocycles. The van der Waals surface area contributed by atoms with Gasteiger partial charge in [-0.05, 0) is 37.6 Å². The van der Waals surface area contributed by atoms with E-state index in [1.54, 1.807) is 7.11 Å². The van der Waals surface area contributed by atoms with Gasteiger partial charge in [0.05, 0.1) is 7.11 Å². The van der Waals surface area contributed by atoms with E-state index in [9.17, 15) is 0 Å². The first-order valence-corrected chi connectivity index (χ1v) is 7.81. The van der Waals surface area contributed by atoms with Crippen molar-refractivity contribution < 1.29 is 4.74 Å². The van der Waals surface area contributed by atoms with E-state index in [4.69, 9.17) is 4.74 Å². The summed E-state index contributed by atoms with van der Waals surface area (Å²) in [5.41, 5.74) is 1.35. The fraction of sp³-hybridized carbons (Fsp3) is 0.600. The number of hydrogen-bond acceptors (Lipinski definition) is 3. The van der Waals surface area contributed by atoms with Crippen molar-refractivity contribution in [1.82, 2.24) is 5.32 Å². The van der Waals surface area contributed by atoms with Crippen LogP contribution in [-0.2, 0) is 0 Å². The minimum Gasteiger partial charge on any atom is -0.497 e. The van der Waals surface area contributed by atoms with Gasteiger partial charge in [-0.3, -0.25) is 0 Å². The van der Waals surface area contributed by atoms with Gasteiger partial charge in [-0.1, -0.05) is 25.0 Å². The molecule has 1 atom stereocenters. The van der Waals surface area contributed by atoms with Gasteiger partial charge < -0.3 is 10.1 Å². The monoisotopic (exact) mass is 265 g/mol. The van der Waals surface area contributed by atoms with Crippen molar-refractivity contribution in [2.45, 2.75) is 37.0 Å². The van der Waals surface area contributed by atoms with E-state index in [0.29, 0.717) is 6.04 Å². The molecule has 0 aliphatic heterocycles. The van der Waals surface area contributed by atoms with E-state index >= 15 is 0 Å². The highest BCUT2D eigenvalue weighted by atomic mass is 32.2. The third kappa shape index (κ3) is 3.66. The van der Waals surface area contributed by atoms with E-state index in [2.05, 4.69) is 29.2 Å². The van der Waals surface area contributed by atoms with E-state index < -0.39 is 0 Å². The van der Waals surface area contributed by atoms with Crippen molar-refractivity contribution in [3.05, 3.63) is 29.8 Å². The summed E-state index contributed by atoms with van der Waals surface area (Å²) in [5.74, 6) is 2.09. The third-order valence-electron chi connectivity index (χ3n) is 3.67. The Morgan fingerprint density at radius 1 is 1.28 bits per heavy atom. The Morgan fingerprint density at radius 3 is 2.50 bits per heavy atom. The van der Waals surface area contributed by atoms with Gasteiger partial charge in [0.1, 0.15) is 5.75 Å². The number of thioether (sulfide) groups is 1. The number of benzene rings is 1. The van der Waals surface area contributed by atoms with Gasteiger partial charge in [-0.25, -0.2) is 0 Å². The van der Waals surface area contributed by atoms with Crippen molar-refractivity contribution >= 4 is 11.8 Å². The van der Waals surface area contributed by atoms with Crippen LogP contribution in [0.15, 0.2) is 24.3 Å². The molecule has 0 heterocycles. The van der Waals surface area contributed by atoms with Gasteiger partial charge in [0.25, 0.3) is 0 Å². The summed E-state index contributed by atoms with van der Waals surface area (Å²) in [5, 5.41) is 4.31. The van der Waals surface area contributed by atoms with Gasteiger partial charge in [0.15, 0.2) is 0 Å². The highest BCUT2D eigenvalue weighted by Gasteiger charge is 2.18. The Hall–Kier alpha value is -0.670. The summed E-state index contributed by atoms with van der Waals surface area (Å²) in [7, 11) is 3.75. The zero-order valence-corrected chi connectivity index (χ0v) is 12.1. The third-order valence-corrected chi connectivity index (χ3v) is 5.14. The number of methoxy groups -OCH3 is 1. The van der Waals surface area contributed by atoms with Gasteiger partial charge in [-0.15, -0.1) is 0 Å². The molecule has 0 spiro atoms.